The molecule has 1 aliphatic heterocycles. The maximum Gasteiger partial charge on any atom is 0.350 e. The summed E-state index contributed by atoms with van der Waals surface area (Å²) < 4.78 is 8.05. The zero-order chi connectivity index (χ0) is 16.2. The van der Waals surface area contributed by atoms with Gasteiger partial charge in [-0.25, -0.2) is 4.79 Å². The van der Waals surface area contributed by atoms with Crippen LogP contribution in [0, 0.1) is 6.92 Å². The predicted octanol–water partition coefficient (Wildman–Crippen LogP) is 4.56. The summed E-state index contributed by atoms with van der Waals surface area (Å²) in [6, 6.07) is 8.41. The zero-order valence-electron chi connectivity index (χ0n) is 13.3. The van der Waals surface area contributed by atoms with Crippen molar-refractivity contribution in [2.45, 2.75) is 24.7 Å². The summed E-state index contributed by atoms with van der Waals surface area (Å²) in [6.07, 6.45) is 2.57. The first-order valence-corrected chi connectivity index (χ1v) is 9.33. The molecule has 3 rings (SSSR count). The SMILES string of the molecule is COC(=O)c1sccc1NSc1ccc(N2CCCC2)c(C)c1. The Kier molecular flexibility index (Phi) is 5.13. The number of carbonyl (C=O) groups is 1. The number of nitrogens with one attached hydrogen (secondary N) is 1. The number of rotatable bonds is 5. The third-order valence-electron chi connectivity index (χ3n) is 3.93. The molecule has 0 saturated carbocycles. The molecule has 0 atom stereocenters. The van der Waals surface area contributed by atoms with Crippen molar-refractivity contribution in [3.05, 3.63) is 40.1 Å². The third kappa shape index (κ3) is 3.64. The van der Waals surface area contributed by atoms with Gasteiger partial charge in [0.05, 0.1) is 12.8 Å². The van der Waals surface area contributed by atoms with Gasteiger partial charge in [-0.2, -0.15) is 0 Å². The summed E-state index contributed by atoms with van der Waals surface area (Å²) >= 11 is 2.90. The Hall–Kier alpha value is -1.66. The van der Waals surface area contributed by atoms with Gasteiger partial charge in [0.25, 0.3) is 0 Å². The van der Waals surface area contributed by atoms with Gasteiger partial charge in [0.15, 0.2) is 0 Å². The number of aryl methyl sites for hydroxylation is 1. The molecule has 0 amide bonds. The second kappa shape index (κ2) is 7.27. The number of carbonyl (C=O) groups excluding carboxylic acids is 1. The van der Waals surface area contributed by atoms with E-state index < -0.39 is 0 Å². The van der Waals surface area contributed by atoms with Crippen LogP contribution in [0.25, 0.3) is 0 Å². The summed E-state index contributed by atoms with van der Waals surface area (Å²) in [7, 11) is 1.40. The van der Waals surface area contributed by atoms with E-state index in [0.717, 1.165) is 23.7 Å². The van der Waals surface area contributed by atoms with Crippen LogP contribution in [0.3, 0.4) is 0 Å². The van der Waals surface area contributed by atoms with Crippen LogP contribution in [0.4, 0.5) is 11.4 Å². The second-order valence-corrected chi connectivity index (χ2v) is 7.30. The molecule has 1 fully saturated rings. The highest BCUT2D eigenvalue weighted by Gasteiger charge is 2.16. The topological polar surface area (TPSA) is 41.6 Å². The third-order valence-corrected chi connectivity index (χ3v) is 5.64. The van der Waals surface area contributed by atoms with Crippen molar-refractivity contribution in [3.63, 3.8) is 0 Å². The second-order valence-electron chi connectivity index (χ2n) is 5.50. The van der Waals surface area contributed by atoms with E-state index in [9.17, 15) is 4.79 Å². The van der Waals surface area contributed by atoms with E-state index in [1.54, 1.807) is 0 Å². The molecule has 1 N–H and O–H groups in total. The smallest absolute Gasteiger partial charge is 0.350 e. The molecule has 0 bridgehead atoms. The van der Waals surface area contributed by atoms with Crippen LogP contribution >= 0.6 is 23.3 Å². The molecular weight excluding hydrogens is 328 g/mol. The van der Waals surface area contributed by atoms with Crippen LogP contribution in [-0.4, -0.2) is 26.2 Å². The number of esters is 1. The minimum Gasteiger partial charge on any atom is -0.465 e. The fourth-order valence-corrected chi connectivity index (χ4v) is 4.36. The lowest BCUT2D eigenvalue weighted by molar-refractivity contribution is 0.0607. The van der Waals surface area contributed by atoms with Crippen molar-refractivity contribution in [1.29, 1.82) is 0 Å². The van der Waals surface area contributed by atoms with Crippen LogP contribution in [0.15, 0.2) is 34.5 Å². The first kappa shape index (κ1) is 16.2. The van der Waals surface area contributed by atoms with Crippen molar-refractivity contribution in [1.82, 2.24) is 0 Å². The number of hydrogen-bond donors (Lipinski definition) is 1. The largest absolute Gasteiger partial charge is 0.465 e. The van der Waals surface area contributed by atoms with E-state index in [1.807, 2.05) is 11.4 Å². The normalized spacial score (nSPS) is 14.1. The molecule has 2 aromatic rings. The Morgan fingerprint density at radius 3 is 2.78 bits per heavy atom. The zero-order valence-corrected chi connectivity index (χ0v) is 14.9. The molecule has 2 heterocycles. The van der Waals surface area contributed by atoms with Crippen molar-refractivity contribution in [2.75, 3.05) is 29.8 Å². The lowest BCUT2D eigenvalue weighted by Crippen LogP contribution is -2.18. The van der Waals surface area contributed by atoms with Crippen molar-refractivity contribution in [3.8, 4) is 0 Å². The van der Waals surface area contributed by atoms with Gasteiger partial charge >= 0.3 is 5.97 Å². The highest BCUT2D eigenvalue weighted by molar-refractivity contribution is 8.00. The number of benzene rings is 1. The lowest BCUT2D eigenvalue weighted by atomic mass is 10.2. The number of hydrogen-bond acceptors (Lipinski definition) is 6. The van der Waals surface area contributed by atoms with E-state index in [2.05, 4.69) is 34.7 Å². The summed E-state index contributed by atoms with van der Waals surface area (Å²) in [5.74, 6) is -0.302. The van der Waals surface area contributed by atoms with E-state index in [0.29, 0.717) is 4.88 Å². The molecule has 1 aromatic heterocycles. The summed E-state index contributed by atoms with van der Waals surface area (Å²) in [5.41, 5.74) is 3.42. The molecule has 1 aromatic carbocycles. The summed E-state index contributed by atoms with van der Waals surface area (Å²) in [4.78, 5) is 15.9. The Balaban J connectivity index is 1.68. The molecule has 0 aliphatic carbocycles. The van der Waals surface area contributed by atoms with Gasteiger partial charge < -0.3 is 14.4 Å². The van der Waals surface area contributed by atoms with Gasteiger partial charge in [0, 0.05) is 23.7 Å². The Morgan fingerprint density at radius 1 is 1.30 bits per heavy atom. The van der Waals surface area contributed by atoms with E-state index in [-0.39, 0.29) is 5.97 Å². The van der Waals surface area contributed by atoms with Crippen LogP contribution < -0.4 is 9.62 Å². The van der Waals surface area contributed by atoms with Crippen LogP contribution in [0.1, 0.15) is 28.1 Å². The van der Waals surface area contributed by atoms with E-state index >= 15 is 0 Å². The fourth-order valence-electron chi connectivity index (χ4n) is 2.76. The molecule has 1 aliphatic rings. The van der Waals surface area contributed by atoms with Gasteiger partial charge in [-0.05, 0) is 66.9 Å². The minimum absolute atomic E-state index is 0.302. The molecule has 23 heavy (non-hydrogen) atoms. The fraction of sp³-hybridized carbons (Fsp3) is 0.353. The highest BCUT2D eigenvalue weighted by Crippen LogP contribution is 2.31. The van der Waals surface area contributed by atoms with Gasteiger partial charge in [-0.3, -0.25) is 0 Å². The number of anilines is 2. The minimum atomic E-state index is -0.302. The number of thiophene rings is 1. The maximum absolute atomic E-state index is 11.7. The van der Waals surface area contributed by atoms with Gasteiger partial charge in [-0.1, -0.05) is 0 Å². The van der Waals surface area contributed by atoms with Crippen LogP contribution in [0.5, 0.6) is 0 Å². The maximum atomic E-state index is 11.7. The number of ether oxygens (including phenoxy) is 1. The van der Waals surface area contributed by atoms with Crippen molar-refractivity contribution >= 4 is 40.6 Å². The highest BCUT2D eigenvalue weighted by atomic mass is 32.2. The quantitative estimate of drug-likeness (QED) is 0.633. The predicted molar refractivity (Wildman–Crippen MR) is 97.8 cm³/mol. The first-order chi connectivity index (χ1) is 11.2. The Bertz CT molecular complexity index is 694. The molecule has 122 valence electrons. The lowest BCUT2D eigenvalue weighted by Gasteiger charge is -2.20. The van der Waals surface area contributed by atoms with Crippen molar-refractivity contribution in [2.24, 2.45) is 0 Å². The van der Waals surface area contributed by atoms with Crippen LogP contribution in [0.2, 0.25) is 0 Å². The first-order valence-electron chi connectivity index (χ1n) is 7.63. The van der Waals surface area contributed by atoms with E-state index in [1.165, 1.54) is 54.5 Å². The number of methoxy groups -OCH3 is 1. The summed E-state index contributed by atoms with van der Waals surface area (Å²) in [5, 5.41) is 1.89. The van der Waals surface area contributed by atoms with Crippen LogP contribution in [-0.2, 0) is 4.74 Å². The Labute approximate surface area is 145 Å². The molecule has 4 nitrogen and oxygen atoms in total. The molecule has 0 spiro atoms. The van der Waals surface area contributed by atoms with Gasteiger partial charge in [0.2, 0.25) is 0 Å². The Morgan fingerprint density at radius 2 is 2.09 bits per heavy atom. The average Bonchev–Trinajstić information content (AvgIpc) is 3.23. The average molecular weight is 348 g/mol. The number of nitrogens with zero attached hydrogens (tertiary/aromatic N) is 1. The summed E-state index contributed by atoms with van der Waals surface area (Å²) in [6.45, 7) is 4.47. The molecular formula is C17H20N2O2S2. The standard InChI is InChI=1S/C17H20N2O2S2/c1-12-11-13(5-6-15(12)19-8-3-4-9-19)23-18-14-7-10-22-16(14)17(20)21-2/h5-7,10-11,18H,3-4,8-9H2,1-2H3. The van der Waals surface area contributed by atoms with Gasteiger partial charge in [0.1, 0.15) is 4.88 Å². The molecule has 1 saturated heterocycles. The monoisotopic (exact) mass is 348 g/mol. The van der Waals surface area contributed by atoms with Gasteiger partial charge in [-0.15, -0.1) is 11.3 Å². The molecule has 0 radical (unpaired) electrons. The molecule has 0 unspecified atom stereocenters. The van der Waals surface area contributed by atoms with E-state index in [4.69, 9.17) is 4.74 Å². The van der Waals surface area contributed by atoms with Crippen molar-refractivity contribution < 1.29 is 9.53 Å². The molecule has 6 heteroatoms.